The Labute approximate surface area is 151 Å². The maximum absolute atomic E-state index is 12.8. The van der Waals surface area contributed by atoms with Gasteiger partial charge in [-0.1, -0.05) is 30.3 Å². The van der Waals surface area contributed by atoms with Crippen molar-refractivity contribution in [1.29, 1.82) is 5.26 Å². The Bertz CT molecular complexity index is 975. The molecule has 1 aromatic carbocycles. The van der Waals surface area contributed by atoms with E-state index in [0.29, 0.717) is 11.3 Å². The number of carbonyl (C=O) groups excluding carboxylic acids is 1. The molecular formula is C20H19N5O. The van der Waals surface area contributed by atoms with E-state index >= 15 is 0 Å². The van der Waals surface area contributed by atoms with E-state index in [1.807, 2.05) is 44.2 Å². The molecule has 1 N–H and O–H groups in total. The minimum absolute atomic E-state index is 0.0437. The van der Waals surface area contributed by atoms with Crippen LogP contribution in [-0.4, -0.2) is 25.8 Å². The number of Topliss-reactive ketones (excluding diaryl/α,β-unsaturated/α-hetero) is 1. The highest BCUT2D eigenvalue weighted by atomic mass is 16.1. The molecule has 0 fully saturated rings. The summed E-state index contributed by atoms with van der Waals surface area (Å²) in [6.45, 7) is 4.67. The number of carbonyl (C=O) groups is 1. The van der Waals surface area contributed by atoms with E-state index in [9.17, 15) is 10.1 Å². The second-order valence-electron chi connectivity index (χ2n) is 6.07. The number of allylic oxidation sites excluding steroid dienone is 1. The molecule has 0 atom stereocenters. The fraction of sp³-hybridized carbons (Fsp3) is 0.200. The first kappa shape index (κ1) is 17.4. The summed E-state index contributed by atoms with van der Waals surface area (Å²) in [5.41, 5.74) is 4.16. The van der Waals surface area contributed by atoms with Gasteiger partial charge in [0.15, 0.2) is 0 Å². The highest BCUT2D eigenvalue weighted by Crippen LogP contribution is 2.20. The Morgan fingerprint density at radius 3 is 2.73 bits per heavy atom. The highest BCUT2D eigenvalue weighted by Gasteiger charge is 2.19. The monoisotopic (exact) mass is 345 g/mol. The smallest absolute Gasteiger partial charge is 0.205 e. The first-order chi connectivity index (χ1) is 12.6. The van der Waals surface area contributed by atoms with Gasteiger partial charge in [-0.2, -0.15) is 20.7 Å². The van der Waals surface area contributed by atoms with Gasteiger partial charge in [-0.25, -0.2) is 0 Å². The fourth-order valence-electron chi connectivity index (χ4n) is 2.98. The van der Waals surface area contributed by atoms with Crippen molar-refractivity contribution < 1.29 is 4.79 Å². The average molecular weight is 345 g/mol. The number of ketones is 1. The SMILES string of the molecule is Cc1cc(C(=O)/C(C#N)=C\c2cn[nH]n2)c(C)n1CCc1ccccc1. The van der Waals surface area contributed by atoms with Crippen molar-refractivity contribution in [2.75, 3.05) is 0 Å². The topological polar surface area (TPSA) is 87.4 Å². The third kappa shape index (κ3) is 3.62. The predicted octanol–water partition coefficient (Wildman–Crippen LogP) is 3.26. The number of aryl methyl sites for hydroxylation is 2. The summed E-state index contributed by atoms with van der Waals surface area (Å²) in [6.07, 6.45) is 3.79. The van der Waals surface area contributed by atoms with Gasteiger partial charge in [0.2, 0.25) is 5.78 Å². The normalized spacial score (nSPS) is 11.3. The van der Waals surface area contributed by atoms with E-state index in [1.54, 1.807) is 0 Å². The molecule has 3 rings (SSSR count). The number of nitriles is 1. The molecule has 0 unspecified atom stereocenters. The number of nitrogens with one attached hydrogen (secondary N) is 1. The molecule has 0 amide bonds. The van der Waals surface area contributed by atoms with Crippen LogP contribution in [0.2, 0.25) is 0 Å². The number of hydrogen-bond donors (Lipinski definition) is 1. The molecule has 3 aromatic rings. The number of aromatic amines is 1. The molecular weight excluding hydrogens is 326 g/mol. The second-order valence-corrected chi connectivity index (χ2v) is 6.07. The van der Waals surface area contributed by atoms with Gasteiger partial charge in [0.25, 0.3) is 0 Å². The number of benzene rings is 1. The van der Waals surface area contributed by atoms with Crippen molar-refractivity contribution >= 4 is 11.9 Å². The van der Waals surface area contributed by atoms with Crippen molar-refractivity contribution in [3.8, 4) is 6.07 Å². The summed E-state index contributed by atoms with van der Waals surface area (Å²) in [5, 5.41) is 19.4. The van der Waals surface area contributed by atoms with Gasteiger partial charge in [0.05, 0.1) is 6.20 Å². The summed E-state index contributed by atoms with van der Waals surface area (Å²) < 4.78 is 2.12. The Hall–Kier alpha value is -3.46. The first-order valence-corrected chi connectivity index (χ1v) is 8.33. The van der Waals surface area contributed by atoms with E-state index in [0.717, 1.165) is 24.4 Å². The molecule has 0 spiro atoms. The van der Waals surface area contributed by atoms with Gasteiger partial charge in [-0.3, -0.25) is 4.79 Å². The van der Waals surface area contributed by atoms with Crippen molar-refractivity contribution in [1.82, 2.24) is 20.0 Å². The number of hydrogen-bond acceptors (Lipinski definition) is 4. The molecule has 0 aliphatic carbocycles. The molecule has 0 bridgehead atoms. The number of rotatable bonds is 6. The third-order valence-electron chi connectivity index (χ3n) is 4.38. The maximum atomic E-state index is 12.8. The van der Waals surface area contributed by atoms with Crippen LogP contribution in [0.15, 0.2) is 48.2 Å². The predicted molar refractivity (Wildman–Crippen MR) is 98.4 cm³/mol. The van der Waals surface area contributed by atoms with Crippen LogP contribution in [0.3, 0.4) is 0 Å². The van der Waals surface area contributed by atoms with Crippen LogP contribution in [0, 0.1) is 25.2 Å². The zero-order valence-electron chi connectivity index (χ0n) is 14.7. The van der Waals surface area contributed by atoms with Gasteiger partial charge >= 0.3 is 0 Å². The van der Waals surface area contributed by atoms with Crippen molar-refractivity contribution in [2.24, 2.45) is 0 Å². The lowest BCUT2D eigenvalue weighted by Gasteiger charge is -2.10. The fourth-order valence-corrected chi connectivity index (χ4v) is 2.98. The molecule has 0 radical (unpaired) electrons. The minimum atomic E-state index is -0.297. The van der Waals surface area contributed by atoms with Gasteiger partial charge in [-0.15, -0.1) is 0 Å². The Balaban J connectivity index is 1.85. The van der Waals surface area contributed by atoms with Gasteiger partial charge in [-0.05, 0) is 38.0 Å². The molecule has 0 saturated heterocycles. The first-order valence-electron chi connectivity index (χ1n) is 8.33. The van der Waals surface area contributed by atoms with Crippen molar-refractivity contribution in [2.45, 2.75) is 26.8 Å². The number of aromatic nitrogens is 4. The van der Waals surface area contributed by atoms with Crippen LogP contribution >= 0.6 is 0 Å². The lowest BCUT2D eigenvalue weighted by molar-refractivity contribution is 0.103. The van der Waals surface area contributed by atoms with Crippen LogP contribution in [0.4, 0.5) is 0 Å². The summed E-state index contributed by atoms with van der Waals surface area (Å²) in [4.78, 5) is 12.8. The molecule has 2 aromatic heterocycles. The van der Waals surface area contributed by atoms with E-state index in [4.69, 9.17) is 0 Å². The zero-order valence-corrected chi connectivity index (χ0v) is 14.7. The van der Waals surface area contributed by atoms with Crippen LogP contribution < -0.4 is 0 Å². The number of nitrogens with zero attached hydrogens (tertiary/aromatic N) is 4. The van der Waals surface area contributed by atoms with Crippen LogP contribution in [0.5, 0.6) is 0 Å². The molecule has 6 heteroatoms. The largest absolute Gasteiger partial charge is 0.348 e. The third-order valence-corrected chi connectivity index (χ3v) is 4.38. The quantitative estimate of drug-likeness (QED) is 0.422. The van der Waals surface area contributed by atoms with E-state index in [-0.39, 0.29) is 11.4 Å². The molecule has 0 aliphatic rings. The zero-order chi connectivity index (χ0) is 18.5. The molecule has 2 heterocycles. The standard InChI is InChI=1S/C20H19N5O/c1-14-10-19(20(26)17(12-21)11-18-13-22-24-23-18)15(2)25(14)9-8-16-6-4-3-5-7-16/h3-7,10-11,13H,8-9H2,1-2H3,(H,22,23,24)/b17-11-. The summed E-state index contributed by atoms with van der Waals surface area (Å²) in [5.74, 6) is -0.297. The molecule has 0 saturated carbocycles. The lowest BCUT2D eigenvalue weighted by atomic mass is 10.0. The Morgan fingerprint density at radius 1 is 1.31 bits per heavy atom. The van der Waals surface area contributed by atoms with Crippen molar-refractivity contribution in [3.63, 3.8) is 0 Å². The summed E-state index contributed by atoms with van der Waals surface area (Å²) >= 11 is 0. The molecule has 0 aliphatic heterocycles. The van der Waals surface area contributed by atoms with Crippen LogP contribution in [-0.2, 0) is 13.0 Å². The number of H-pyrrole nitrogens is 1. The molecule has 6 nitrogen and oxygen atoms in total. The van der Waals surface area contributed by atoms with Gasteiger partial charge in [0, 0.05) is 23.5 Å². The summed E-state index contributed by atoms with van der Waals surface area (Å²) in [7, 11) is 0. The second kappa shape index (κ2) is 7.62. The van der Waals surface area contributed by atoms with Crippen LogP contribution in [0.25, 0.3) is 6.08 Å². The highest BCUT2D eigenvalue weighted by molar-refractivity contribution is 6.14. The van der Waals surface area contributed by atoms with Crippen LogP contribution in [0.1, 0.15) is 33.0 Å². The Morgan fingerprint density at radius 2 is 2.08 bits per heavy atom. The summed E-state index contributed by atoms with van der Waals surface area (Å²) in [6, 6.07) is 14.0. The van der Waals surface area contributed by atoms with Crippen molar-refractivity contribution in [3.05, 3.63) is 76.4 Å². The van der Waals surface area contributed by atoms with Gasteiger partial charge in [0.1, 0.15) is 17.3 Å². The minimum Gasteiger partial charge on any atom is -0.348 e. The lowest BCUT2D eigenvalue weighted by Crippen LogP contribution is -2.08. The molecule has 130 valence electrons. The van der Waals surface area contributed by atoms with E-state index in [2.05, 4.69) is 32.1 Å². The van der Waals surface area contributed by atoms with E-state index < -0.39 is 0 Å². The maximum Gasteiger partial charge on any atom is 0.205 e. The Kier molecular flexibility index (Phi) is 5.09. The average Bonchev–Trinajstić information content (AvgIpc) is 3.26. The van der Waals surface area contributed by atoms with E-state index in [1.165, 1.54) is 17.8 Å². The molecule has 26 heavy (non-hydrogen) atoms. The van der Waals surface area contributed by atoms with Gasteiger partial charge < -0.3 is 4.57 Å².